The van der Waals surface area contributed by atoms with Gasteiger partial charge in [0.2, 0.25) is 5.91 Å². The van der Waals surface area contributed by atoms with Crippen molar-refractivity contribution in [2.24, 2.45) is 5.16 Å². The molecular formula is C8H7Cl2N3O3S. The van der Waals surface area contributed by atoms with Crippen LogP contribution >= 0.6 is 34.5 Å². The Labute approximate surface area is 111 Å². The molecule has 0 saturated carbocycles. The van der Waals surface area contributed by atoms with Gasteiger partial charge in [-0.25, -0.2) is 4.98 Å². The number of nitrogens with zero attached hydrogens (tertiary/aromatic N) is 2. The largest absolute Gasteiger partial charge is 0.398 e. The van der Waals surface area contributed by atoms with Crippen molar-refractivity contribution < 1.29 is 14.4 Å². The normalized spacial score (nSPS) is 11.1. The third-order valence-corrected chi connectivity index (χ3v) is 2.91. The van der Waals surface area contributed by atoms with Crippen molar-refractivity contribution in [2.45, 2.75) is 0 Å². The second kappa shape index (κ2) is 6.53. The number of hydrogen-bond acceptors (Lipinski definition) is 6. The van der Waals surface area contributed by atoms with Gasteiger partial charge in [0, 0.05) is 0 Å². The molecule has 0 atom stereocenters. The summed E-state index contributed by atoms with van der Waals surface area (Å²) in [6.07, 6.45) is 0.456. The molecule has 0 aromatic carbocycles. The van der Waals surface area contributed by atoms with E-state index in [2.05, 4.69) is 20.3 Å². The molecule has 92 valence electrons. The third kappa shape index (κ3) is 3.65. The number of anilines is 1. The molecule has 6 nitrogen and oxygen atoms in total. The first-order chi connectivity index (χ1) is 8.12. The topological polar surface area (TPSA) is 80.7 Å². The van der Waals surface area contributed by atoms with Crippen LogP contribution < -0.4 is 5.32 Å². The molecule has 1 rings (SSSR count). The Morgan fingerprint density at radius 1 is 1.71 bits per heavy atom. The molecule has 1 N–H and O–H groups in total. The van der Waals surface area contributed by atoms with Gasteiger partial charge in [0.15, 0.2) is 17.1 Å². The smallest absolute Gasteiger partial charge is 0.241 e. The van der Waals surface area contributed by atoms with Gasteiger partial charge in [-0.05, 0) is 0 Å². The highest BCUT2D eigenvalue weighted by molar-refractivity contribution is 7.20. The second-order valence-corrected chi connectivity index (χ2v) is 4.47. The summed E-state index contributed by atoms with van der Waals surface area (Å²) < 4.78 is 0.220. The van der Waals surface area contributed by atoms with Gasteiger partial charge in [-0.2, -0.15) is 0 Å². The highest BCUT2D eigenvalue weighted by Crippen LogP contribution is 2.28. The third-order valence-electron chi connectivity index (χ3n) is 1.50. The van der Waals surface area contributed by atoms with Crippen LogP contribution in [-0.2, 0) is 14.4 Å². The maximum atomic E-state index is 11.0. The van der Waals surface area contributed by atoms with Gasteiger partial charge in [0.05, 0.1) is 0 Å². The van der Waals surface area contributed by atoms with E-state index in [9.17, 15) is 9.59 Å². The number of alkyl halides is 1. The van der Waals surface area contributed by atoms with E-state index in [1.54, 1.807) is 0 Å². The van der Waals surface area contributed by atoms with E-state index in [0.717, 1.165) is 11.3 Å². The fourth-order valence-electron chi connectivity index (χ4n) is 0.885. The molecule has 0 aliphatic rings. The molecule has 0 saturated heterocycles. The Morgan fingerprint density at radius 2 is 2.41 bits per heavy atom. The lowest BCUT2D eigenvalue weighted by atomic mass is 10.3. The minimum atomic E-state index is -0.417. The first-order valence-corrected chi connectivity index (χ1v) is 5.94. The first kappa shape index (κ1) is 13.9. The first-order valence-electron chi connectivity index (χ1n) is 4.21. The second-order valence-electron chi connectivity index (χ2n) is 2.60. The minimum Gasteiger partial charge on any atom is -0.398 e. The molecule has 0 bridgehead atoms. The lowest BCUT2D eigenvalue weighted by molar-refractivity contribution is -0.114. The van der Waals surface area contributed by atoms with E-state index in [1.165, 1.54) is 7.11 Å². The van der Waals surface area contributed by atoms with Crippen LogP contribution in [0.2, 0.25) is 4.34 Å². The molecule has 1 aromatic rings. The molecular weight excluding hydrogens is 289 g/mol. The van der Waals surface area contributed by atoms with E-state index in [4.69, 9.17) is 23.2 Å². The molecule has 9 heteroatoms. The Kier molecular flexibility index (Phi) is 5.33. The molecule has 0 fully saturated rings. The number of thiazole rings is 1. The van der Waals surface area contributed by atoms with Crippen molar-refractivity contribution in [3.63, 3.8) is 0 Å². The van der Waals surface area contributed by atoms with E-state index in [1.807, 2.05) is 0 Å². The number of oxime groups is 1. The van der Waals surface area contributed by atoms with Crippen molar-refractivity contribution >= 4 is 57.6 Å². The van der Waals surface area contributed by atoms with Crippen LogP contribution in [0.5, 0.6) is 0 Å². The lowest BCUT2D eigenvalue weighted by Crippen LogP contribution is -2.12. The minimum absolute atomic E-state index is 0.0554. The number of aromatic nitrogens is 1. The van der Waals surface area contributed by atoms with Gasteiger partial charge < -0.3 is 10.2 Å². The summed E-state index contributed by atoms with van der Waals surface area (Å²) in [6, 6.07) is 0. The molecule has 0 aliphatic heterocycles. The van der Waals surface area contributed by atoms with Crippen LogP contribution in [0, 0.1) is 0 Å². The van der Waals surface area contributed by atoms with Gasteiger partial charge in [-0.3, -0.25) is 9.59 Å². The fourth-order valence-corrected chi connectivity index (χ4v) is 2.03. The van der Waals surface area contributed by atoms with Crippen molar-refractivity contribution in [2.75, 3.05) is 18.3 Å². The SMILES string of the molecule is CO/N=C(\C=O)c1nc(NC(=O)CCl)sc1Cl. The van der Waals surface area contributed by atoms with Crippen LogP contribution in [0.4, 0.5) is 5.13 Å². The Balaban J connectivity index is 2.99. The average Bonchev–Trinajstić information content (AvgIpc) is 2.66. The zero-order valence-electron chi connectivity index (χ0n) is 8.57. The molecule has 1 aromatic heterocycles. The zero-order valence-corrected chi connectivity index (χ0v) is 10.9. The highest BCUT2D eigenvalue weighted by Gasteiger charge is 2.16. The van der Waals surface area contributed by atoms with Crippen molar-refractivity contribution in [1.82, 2.24) is 4.98 Å². The monoisotopic (exact) mass is 295 g/mol. The van der Waals surface area contributed by atoms with E-state index in [-0.39, 0.29) is 26.8 Å². The summed E-state index contributed by atoms with van der Waals surface area (Å²) >= 11 is 12.2. The summed E-state index contributed by atoms with van der Waals surface area (Å²) in [6.45, 7) is 0. The molecule has 17 heavy (non-hydrogen) atoms. The number of rotatable bonds is 5. The summed E-state index contributed by atoms with van der Waals surface area (Å²) in [5, 5.41) is 6.11. The highest BCUT2D eigenvalue weighted by atomic mass is 35.5. The Bertz CT molecular complexity index is 461. The summed E-state index contributed by atoms with van der Waals surface area (Å²) in [7, 11) is 1.29. The predicted molar refractivity (Wildman–Crippen MR) is 66.1 cm³/mol. The predicted octanol–water partition coefficient (Wildman–Crippen LogP) is 1.52. The number of hydrogen-bond donors (Lipinski definition) is 1. The maximum absolute atomic E-state index is 11.0. The summed E-state index contributed by atoms with van der Waals surface area (Å²) in [4.78, 5) is 30.2. The van der Waals surface area contributed by atoms with Crippen LogP contribution in [0.3, 0.4) is 0 Å². The van der Waals surface area contributed by atoms with Crippen molar-refractivity contribution in [3.05, 3.63) is 10.0 Å². The number of carbonyl (C=O) groups is 2. The number of carbonyl (C=O) groups excluding carboxylic acids is 2. The Hall–Kier alpha value is -1.18. The molecule has 0 radical (unpaired) electrons. The van der Waals surface area contributed by atoms with Gasteiger partial charge in [-0.1, -0.05) is 28.1 Å². The number of halogens is 2. The van der Waals surface area contributed by atoms with Crippen molar-refractivity contribution in [1.29, 1.82) is 0 Å². The van der Waals surface area contributed by atoms with Crippen LogP contribution in [-0.4, -0.2) is 35.9 Å². The van der Waals surface area contributed by atoms with Crippen LogP contribution in [0.25, 0.3) is 0 Å². The maximum Gasteiger partial charge on any atom is 0.241 e. The molecule has 0 aliphatic carbocycles. The molecule has 1 amide bonds. The molecule has 1 heterocycles. The van der Waals surface area contributed by atoms with Crippen LogP contribution in [0.15, 0.2) is 5.16 Å². The number of amides is 1. The van der Waals surface area contributed by atoms with E-state index >= 15 is 0 Å². The summed E-state index contributed by atoms with van der Waals surface area (Å²) in [5.41, 5.74) is 0.0958. The van der Waals surface area contributed by atoms with Crippen LogP contribution in [0.1, 0.15) is 5.69 Å². The zero-order chi connectivity index (χ0) is 12.8. The quantitative estimate of drug-likeness (QED) is 0.386. The molecule has 0 unspecified atom stereocenters. The van der Waals surface area contributed by atoms with Gasteiger partial charge in [0.25, 0.3) is 0 Å². The molecule has 0 spiro atoms. The van der Waals surface area contributed by atoms with Crippen molar-refractivity contribution in [3.8, 4) is 0 Å². The Morgan fingerprint density at radius 3 is 2.94 bits per heavy atom. The number of aldehydes is 1. The van der Waals surface area contributed by atoms with E-state index in [0.29, 0.717) is 6.29 Å². The summed E-state index contributed by atoms with van der Waals surface area (Å²) in [5.74, 6) is -0.612. The van der Waals surface area contributed by atoms with E-state index < -0.39 is 5.91 Å². The van der Waals surface area contributed by atoms with Gasteiger partial charge in [0.1, 0.15) is 23.0 Å². The average molecular weight is 296 g/mol. The van der Waals surface area contributed by atoms with Gasteiger partial charge in [-0.15, -0.1) is 11.6 Å². The standard InChI is InChI=1S/C8H7Cl2N3O3S/c1-16-13-4(3-14)6-7(10)17-8(12-6)11-5(15)2-9/h3H,2H2,1H3,(H,11,12,15)/b13-4+. The number of nitrogens with one attached hydrogen (secondary N) is 1. The fraction of sp³-hybridized carbons (Fsp3) is 0.250. The van der Waals surface area contributed by atoms with Gasteiger partial charge >= 0.3 is 0 Å². The lowest BCUT2D eigenvalue weighted by Gasteiger charge is -1.95.